The van der Waals surface area contributed by atoms with E-state index >= 15 is 0 Å². The van der Waals surface area contributed by atoms with E-state index in [4.69, 9.17) is 0 Å². The van der Waals surface area contributed by atoms with Crippen LogP contribution in [0.1, 0.15) is 19.2 Å². The van der Waals surface area contributed by atoms with Gasteiger partial charge in [0.25, 0.3) is 11.5 Å². The summed E-state index contributed by atoms with van der Waals surface area (Å²) in [6.07, 6.45) is 4.07. The Kier molecular flexibility index (Phi) is 6.21. The molecule has 1 aliphatic carbocycles. The van der Waals surface area contributed by atoms with Gasteiger partial charge in [-0.1, -0.05) is 0 Å². The second-order valence-electron chi connectivity index (χ2n) is 7.71. The molecular formula is C22H24FN9O2. The summed E-state index contributed by atoms with van der Waals surface area (Å²) in [5, 5.41) is 14.0. The van der Waals surface area contributed by atoms with Crippen molar-refractivity contribution in [3.8, 4) is 5.82 Å². The number of amidine groups is 1. The van der Waals surface area contributed by atoms with E-state index in [1.54, 1.807) is 57.6 Å². The number of nitrogens with one attached hydrogen (secondary N) is 3. The van der Waals surface area contributed by atoms with Crippen molar-refractivity contribution in [1.82, 2.24) is 30.2 Å². The normalized spacial score (nSPS) is 21.9. The third kappa shape index (κ3) is 4.56. The lowest BCUT2D eigenvalue weighted by molar-refractivity contribution is -0.117. The fourth-order valence-electron chi connectivity index (χ4n) is 3.33. The number of rotatable bonds is 6. The van der Waals surface area contributed by atoms with Crippen molar-refractivity contribution in [2.75, 3.05) is 12.4 Å². The van der Waals surface area contributed by atoms with Crippen molar-refractivity contribution >= 4 is 24.1 Å². The molecule has 3 heterocycles. The van der Waals surface area contributed by atoms with Gasteiger partial charge in [-0.05, 0) is 32.0 Å². The SMILES string of the molecule is C=NN1C(=NC)C=C(Nc2cccn(-c3ccnc(C)n3)c2=O)N/C1=C(/C)C(=O)N[C@@H]1C[C@@H]1F. The summed E-state index contributed by atoms with van der Waals surface area (Å²) in [7, 11) is 1.56. The molecule has 0 spiro atoms. The van der Waals surface area contributed by atoms with Crippen LogP contribution in [0.5, 0.6) is 0 Å². The van der Waals surface area contributed by atoms with E-state index in [2.05, 4.69) is 42.7 Å². The molecule has 176 valence electrons. The van der Waals surface area contributed by atoms with Gasteiger partial charge in [-0.15, -0.1) is 0 Å². The summed E-state index contributed by atoms with van der Waals surface area (Å²) in [4.78, 5) is 38.3. The van der Waals surface area contributed by atoms with Crippen molar-refractivity contribution in [2.24, 2.45) is 10.1 Å². The highest BCUT2D eigenvalue weighted by Crippen LogP contribution is 2.26. The van der Waals surface area contributed by atoms with E-state index < -0.39 is 18.1 Å². The van der Waals surface area contributed by atoms with E-state index in [1.807, 2.05) is 0 Å². The highest BCUT2D eigenvalue weighted by molar-refractivity contribution is 5.99. The Hall–Kier alpha value is -4.35. The van der Waals surface area contributed by atoms with Gasteiger partial charge >= 0.3 is 0 Å². The summed E-state index contributed by atoms with van der Waals surface area (Å²) in [6.45, 7) is 6.87. The van der Waals surface area contributed by atoms with Crippen LogP contribution in [0, 0.1) is 6.92 Å². The first-order valence-corrected chi connectivity index (χ1v) is 10.5. The molecule has 0 radical (unpaired) electrons. The van der Waals surface area contributed by atoms with Crippen molar-refractivity contribution in [2.45, 2.75) is 32.5 Å². The zero-order valence-corrected chi connectivity index (χ0v) is 18.9. The van der Waals surface area contributed by atoms with Crippen LogP contribution in [0.3, 0.4) is 0 Å². The zero-order valence-electron chi connectivity index (χ0n) is 18.9. The maximum Gasteiger partial charge on any atom is 0.279 e. The molecule has 1 fully saturated rings. The minimum absolute atomic E-state index is 0.252. The molecule has 0 bridgehead atoms. The average Bonchev–Trinajstić information content (AvgIpc) is 3.53. The van der Waals surface area contributed by atoms with Crippen molar-refractivity contribution in [3.05, 3.63) is 70.1 Å². The third-order valence-corrected chi connectivity index (χ3v) is 5.28. The molecule has 2 aromatic heterocycles. The lowest BCUT2D eigenvalue weighted by Gasteiger charge is -2.30. The number of carbonyl (C=O) groups excluding carboxylic acids is 1. The summed E-state index contributed by atoms with van der Waals surface area (Å²) in [5.74, 6) is 1.55. The topological polar surface area (TPSA) is 129 Å². The number of alkyl halides is 1. The molecule has 0 aromatic carbocycles. The van der Waals surface area contributed by atoms with Gasteiger partial charge in [0.15, 0.2) is 5.84 Å². The van der Waals surface area contributed by atoms with E-state index in [1.165, 1.54) is 9.58 Å². The molecular weight excluding hydrogens is 441 g/mol. The van der Waals surface area contributed by atoms with Gasteiger partial charge in [0.2, 0.25) is 0 Å². The highest BCUT2D eigenvalue weighted by atomic mass is 19.1. The van der Waals surface area contributed by atoms with Crippen LogP contribution in [0.15, 0.2) is 68.8 Å². The maximum absolute atomic E-state index is 13.3. The number of hydrogen-bond donors (Lipinski definition) is 3. The number of aliphatic imine (C=N–C) groups is 1. The molecule has 3 N–H and O–H groups in total. The summed E-state index contributed by atoms with van der Waals surface area (Å²) < 4.78 is 14.7. The van der Waals surface area contributed by atoms with Gasteiger partial charge in [0.05, 0.1) is 11.6 Å². The van der Waals surface area contributed by atoms with Crippen LogP contribution in [-0.2, 0) is 4.79 Å². The quantitative estimate of drug-likeness (QED) is 0.432. The molecule has 2 atom stereocenters. The predicted molar refractivity (Wildman–Crippen MR) is 126 cm³/mol. The van der Waals surface area contributed by atoms with Crippen LogP contribution >= 0.6 is 0 Å². The summed E-state index contributed by atoms with van der Waals surface area (Å²) >= 11 is 0. The predicted octanol–water partition coefficient (Wildman–Crippen LogP) is 1.20. The van der Waals surface area contributed by atoms with Crippen LogP contribution in [0.25, 0.3) is 5.82 Å². The Morgan fingerprint density at radius 1 is 1.38 bits per heavy atom. The van der Waals surface area contributed by atoms with Crippen molar-refractivity contribution in [1.29, 1.82) is 0 Å². The number of aryl methyl sites for hydroxylation is 1. The Labute approximate surface area is 194 Å². The zero-order chi connectivity index (χ0) is 24.4. The van der Waals surface area contributed by atoms with Gasteiger partial charge in [-0.25, -0.2) is 14.4 Å². The van der Waals surface area contributed by atoms with E-state index in [9.17, 15) is 14.0 Å². The van der Waals surface area contributed by atoms with Gasteiger partial charge in [0.1, 0.15) is 35.1 Å². The molecule has 12 heteroatoms. The number of carbonyl (C=O) groups is 1. The number of hydrogen-bond acceptors (Lipinski definition) is 8. The number of pyridine rings is 1. The number of hydrazone groups is 1. The Balaban J connectivity index is 1.66. The average molecular weight is 465 g/mol. The Morgan fingerprint density at radius 3 is 2.79 bits per heavy atom. The molecule has 1 saturated carbocycles. The number of aromatic nitrogens is 3. The smallest absolute Gasteiger partial charge is 0.279 e. The fraction of sp³-hybridized carbons (Fsp3) is 0.273. The Morgan fingerprint density at radius 2 is 2.15 bits per heavy atom. The van der Waals surface area contributed by atoms with Gasteiger partial charge < -0.3 is 16.0 Å². The fourth-order valence-corrected chi connectivity index (χ4v) is 3.33. The number of halogens is 1. The number of nitrogens with zero attached hydrogens (tertiary/aromatic N) is 6. The molecule has 11 nitrogen and oxygen atoms in total. The molecule has 0 unspecified atom stereocenters. The molecule has 2 aliphatic rings. The second-order valence-corrected chi connectivity index (χ2v) is 7.71. The summed E-state index contributed by atoms with van der Waals surface area (Å²) in [6, 6.07) is 4.47. The standard InChI is InChI=1S/C22H24FN9O2/c1-12(21(33)29-16-10-14(16)23)20-30-17(11-19(24-3)32(20)25-4)28-15-6-5-9-31(22(15)34)18-7-8-26-13(2)27-18/h5-9,11,14,16,28,30H,4,10H2,1-3H3,(H,29,33)/b20-12+,24-19?/t14-,16+/m0/s1. The van der Waals surface area contributed by atoms with Crippen molar-refractivity contribution < 1.29 is 9.18 Å². The number of amides is 1. The van der Waals surface area contributed by atoms with Gasteiger partial charge in [0, 0.05) is 38.7 Å². The maximum atomic E-state index is 13.3. The number of anilines is 1. The molecule has 4 rings (SSSR count). The first-order chi connectivity index (χ1) is 16.3. The molecule has 1 aliphatic heterocycles. The highest BCUT2D eigenvalue weighted by Gasteiger charge is 2.39. The van der Waals surface area contributed by atoms with Crippen molar-refractivity contribution in [3.63, 3.8) is 0 Å². The summed E-state index contributed by atoms with van der Waals surface area (Å²) in [5.41, 5.74) is 0.167. The molecule has 2 aromatic rings. The second kappa shape index (κ2) is 9.25. The van der Waals surface area contributed by atoms with Gasteiger partial charge in [-0.2, -0.15) is 10.1 Å². The first-order valence-electron chi connectivity index (χ1n) is 10.5. The van der Waals surface area contributed by atoms with E-state index in [0.29, 0.717) is 29.7 Å². The van der Waals surface area contributed by atoms with Crippen LogP contribution < -0.4 is 21.5 Å². The minimum Gasteiger partial charge on any atom is -0.346 e. The largest absolute Gasteiger partial charge is 0.346 e. The van der Waals surface area contributed by atoms with E-state index in [0.717, 1.165) is 0 Å². The van der Waals surface area contributed by atoms with Gasteiger partial charge in [-0.3, -0.25) is 19.1 Å². The van der Waals surface area contributed by atoms with E-state index in [-0.39, 0.29) is 22.6 Å². The lowest BCUT2D eigenvalue weighted by atomic mass is 10.2. The minimum atomic E-state index is -1.03. The molecule has 0 saturated heterocycles. The molecule has 1 amide bonds. The Bertz CT molecular complexity index is 1300. The molecule has 34 heavy (non-hydrogen) atoms. The first kappa shape index (κ1) is 22.8. The van der Waals surface area contributed by atoms with Crippen LogP contribution in [0.4, 0.5) is 10.1 Å². The third-order valence-electron chi connectivity index (χ3n) is 5.28. The monoisotopic (exact) mass is 465 g/mol. The lowest BCUT2D eigenvalue weighted by Crippen LogP contribution is -2.42. The van der Waals surface area contributed by atoms with Crippen LogP contribution in [0.2, 0.25) is 0 Å². The van der Waals surface area contributed by atoms with Crippen LogP contribution in [-0.4, -0.2) is 57.3 Å².